The topological polar surface area (TPSA) is 78.9 Å². The van der Waals surface area contributed by atoms with Crippen molar-refractivity contribution in [1.82, 2.24) is 0 Å². The van der Waals surface area contributed by atoms with Crippen molar-refractivity contribution < 1.29 is 26.6 Å². The maximum atomic E-state index is 14.1. The van der Waals surface area contributed by atoms with Gasteiger partial charge in [0.15, 0.2) is 0 Å². The molecule has 30 heavy (non-hydrogen) atoms. The Hall–Kier alpha value is 0.570. The lowest BCUT2D eigenvalue weighted by molar-refractivity contribution is 0.232. The van der Waals surface area contributed by atoms with E-state index < -0.39 is 22.8 Å². The molecule has 4 fully saturated rings. The standard InChI is InChI=1S/C21H39O6P3/c1-16-4-10-19(11-5-16)28(22)25-29(23,20-12-6-17(2)7-13-20)27-30(24,26-28)21-14-8-18(3)9-15-21/h16-21H,4-15H2,1-3H3. The third-order valence-electron chi connectivity index (χ3n) is 7.98. The Bertz CT molecular complexity index is 628. The van der Waals surface area contributed by atoms with Gasteiger partial charge in [-0.1, -0.05) is 20.8 Å². The van der Waals surface area contributed by atoms with E-state index in [1.54, 1.807) is 0 Å². The van der Waals surface area contributed by atoms with Crippen LogP contribution >= 0.6 is 22.8 Å². The maximum absolute atomic E-state index is 14.1. The van der Waals surface area contributed by atoms with Crippen molar-refractivity contribution in [1.29, 1.82) is 0 Å². The molecule has 9 heteroatoms. The fourth-order valence-electron chi connectivity index (χ4n) is 5.60. The second-order valence-electron chi connectivity index (χ2n) is 10.6. The van der Waals surface area contributed by atoms with Crippen molar-refractivity contribution >= 4 is 22.8 Å². The van der Waals surface area contributed by atoms with Gasteiger partial charge in [-0.15, -0.1) is 0 Å². The quantitative estimate of drug-likeness (QED) is 0.378. The highest BCUT2D eigenvalue weighted by atomic mass is 31.3. The summed E-state index contributed by atoms with van der Waals surface area (Å²) in [5.74, 6) is 1.73. The first-order chi connectivity index (χ1) is 14.1. The van der Waals surface area contributed by atoms with E-state index in [1.165, 1.54) is 0 Å². The van der Waals surface area contributed by atoms with E-state index >= 15 is 0 Å². The molecular formula is C21H39O6P3. The van der Waals surface area contributed by atoms with Crippen molar-refractivity contribution in [2.24, 2.45) is 17.8 Å². The monoisotopic (exact) mass is 480 g/mol. The van der Waals surface area contributed by atoms with Crippen LogP contribution in [0.2, 0.25) is 0 Å². The molecule has 0 aromatic heterocycles. The minimum atomic E-state index is -3.77. The molecule has 0 spiro atoms. The first kappa shape index (κ1) is 23.7. The third-order valence-corrected chi connectivity index (χ3v) is 17.7. The van der Waals surface area contributed by atoms with Gasteiger partial charge in [-0.05, 0) is 94.8 Å². The summed E-state index contributed by atoms with van der Waals surface area (Å²) < 4.78 is 60.0. The van der Waals surface area contributed by atoms with E-state index in [0.29, 0.717) is 56.3 Å². The minimum Gasteiger partial charge on any atom is -0.259 e. The summed E-state index contributed by atoms with van der Waals surface area (Å²) in [5.41, 5.74) is -0.946. The zero-order valence-corrected chi connectivity index (χ0v) is 21.4. The fourth-order valence-corrected chi connectivity index (χ4v) is 16.6. The summed E-state index contributed by atoms with van der Waals surface area (Å²) in [6.07, 6.45) is 9.92. The Morgan fingerprint density at radius 3 is 0.833 bits per heavy atom. The van der Waals surface area contributed by atoms with Crippen molar-refractivity contribution in [3.8, 4) is 0 Å². The van der Waals surface area contributed by atoms with E-state index in [1.807, 2.05) is 0 Å². The van der Waals surface area contributed by atoms with Gasteiger partial charge in [0.1, 0.15) is 0 Å². The van der Waals surface area contributed by atoms with E-state index in [4.69, 9.17) is 12.9 Å². The van der Waals surface area contributed by atoms with Crippen molar-refractivity contribution in [3.05, 3.63) is 0 Å². The molecule has 0 atom stereocenters. The number of hydrogen-bond acceptors (Lipinski definition) is 6. The first-order valence-corrected chi connectivity index (χ1v) is 16.9. The Morgan fingerprint density at radius 2 is 0.633 bits per heavy atom. The molecular weight excluding hydrogens is 441 g/mol. The zero-order valence-electron chi connectivity index (χ0n) is 18.7. The normalized spacial score (nSPS) is 53.3. The molecule has 6 nitrogen and oxygen atoms in total. The van der Waals surface area contributed by atoms with Gasteiger partial charge >= 0.3 is 22.8 Å². The molecule has 1 heterocycles. The van der Waals surface area contributed by atoms with Crippen LogP contribution in [-0.2, 0) is 26.6 Å². The molecule has 4 aliphatic rings. The zero-order chi connectivity index (χ0) is 21.6. The van der Waals surface area contributed by atoms with Crippen LogP contribution in [0.5, 0.6) is 0 Å². The second kappa shape index (κ2) is 9.08. The van der Waals surface area contributed by atoms with Gasteiger partial charge in [0.2, 0.25) is 0 Å². The van der Waals surface area contributed by atoms with Crippen LogP contribution in [-0.4, -0.2) is 17.0 Å². The summed E-state index contributed by atoms with van der Waals surface area (Å²) >= 11 is 0. The Morgan fingerprint density at radius 1 is 0.433 bits per heavy atom. The minimum absolute atomic E-state index is 0.315. The summed E-state index contributed by atoms with van der Waals surface area (Å²) in [6.45, 7) is 6.58. The van der Waals surface area contributed by atoms with Gasteiger partial charge in [-0.2, -0.15) is 0 Å². The third kappa shape index (κ3) is 4.90. The van der Waals surface area contributed by atoms with E-state index in [-0.39, 0.29) is 17.0 Å². The van der Waals surface area contributed by atoms with Crippen LogP contribution in [0, 0.1) is 17.8 Å². The lowest BCUT2D eigenvalue weighted by Crippen LogP contribution is -2.28. The van der Waals surface area contributed by atoms with Crippen molar-refractivity contribution in [3.63, 3.8) is 0 Å². The highest BCUT2D eigenvalue weighted by Gasteiger charge is 2.60. The van der Waals surface area contributed by atoms with Crippen LogP contribution in [0.25, 0.3) is 0 Å². The second-order valence-corrected chi connectivity index (χ2v) is 18.0. The van der Waals surface area contributed by atoms with Gasteiger partial charge in [0, 0.05) is 0 Å². The summed E-state index contributed by atoms with van der Waals surface area (Å²) in [5, 5.41) is 0. The number of rotatable bonds is 3. The molecule has 1 saturated heterocycles. The van der Waals surface area contributed by atoms with E-state index in [9.17, 15) is 13.7 Å². The Kier molecular flexibility index (Phi) is 7.18. The molecule has 0 N–H and O–H groups in total. The lowest BCUT2D eigenvalue weighted by Gasteiger charge is -2.44. The molecule has 4 rings (SSSR count). The number of hydrogen-bond donors (Lipinski definition) is 0. The van der Waals surface area contributed by atoms with Gasteiger partial charge in [0.05, 0.1) is 17.0 Å². The summed E-state index contributed by atoms with van der Waals surface area (Å²) in [6, 6.07) is 0. The van der Waals surface area contributed by atoms with Crippen LogP contribution in [0.1, 0.15) is 97.8 Å². The van der Waals surface area contributed by atoms with Crippen LogP contribution < -0.4 is 0 Å². The smallest absolute Gasteiger partial charge is 0.259 e. The predicted octanol–water partition coefficient (Wildman–Crippen LogP) is 8.37. The molecule has 0 aromatic rings. The molecule has 3 aliphatic carbocycles. The van der Waals surface area contributed by atoms with Crippen LogP contribution in [0.15, 0.2) is 0 Å². The largest absolute Gasteiger partial charge is 0.348 e. The molecule has 3 saturated carbocycles. The van der Waals surface area contributed by atoms with E-state index in [2.05, 4.69) is 20.8 Å². The molecule has 0 unspecified atom stereocenters. The van der Waals surface area contributed by atoms with Crippen LogP contribution in [0.3, 0.4) is 0 Å². The van der Waals surface area contributed by atoms with Gasteiger partial charge in [-0.3, -0.25) is 13.7 Å². The maximum Gasteiger partial charge on any atom is 0.348 e. The van der Waals surface area contributed by atoms with Gasteiger partial charge in [-0.25, -0.2) is 12.9 Å². The average Bonchev–Trinajstić information content (AvgIpc) is 2.68. The lowest BCUT2D eigenvalue weighted by atomic mass is 9.91. The predicted molar refractivity (Wildman–Crippen MR) is 120 cm³/mol. The fraction of sp³-hybridized carbons (Fsp3) is 1.00. The van der Waals surface area contributed by atoms with E-state index in [0.717, 1.165) is 38.5 Å². The van der Waals surface area contributed by atoms with Gasteiger partial charge < -0.3 is 0 Å². The highest BCUT2D eigenvalue weighted by Crippen LogP contribution is 2.87. The van der Waals surface area contributed by atoms with Crippen molar-refractivity contribution in [2.75, 3.05) is 0 Å². The molecule has 0 radical (unpaired) electrons. The molecule has 174 valence electrons. The highest BCUT2D eigenvalue weighted by molar-refractivity contribution is 7.80. The van der Waals surface area contributed by atoms with Gasteiger partial charge in [0.25, 0.3) is 0 Å². The molecule has 0 bridgehead atoms. The molecule has 0 amide bonds. The summed E-state index contributed by atoms with van der Waals surface area (Å²) in [7, 11) is -11.3. The van der Waals surface area contributed by atoms with Crippen molar-refractivity contribution in [2.45, 2.75) is 115 Å². The summed E-state index contributed by atoms with van der Waals surface area (Å²) in [4.78, 5) is 0. The average molecular weight is 480 g/mol. The SMILES string of the molecule is CC1CCC(P2(=O)OP(=O)(C3CCC(C)CC3)OP(=O)(C3CCC(C)CC3)O2)CC1. The Labute approximate surface area is 182 Å². The molecule has 0 aromatic carbocycles. The first-order valence-electron chi connectivity index (χ1n) is 12.0. The van der Waals surface area contributed by atoms with Crippen LogP contribution in [0.4, 0.5) is 0 Å². The molecule has 1 aliphatic heterocycles. The Balaban J connectivity index is 1.63.